The molecule has 0 heterocycles. The monoisotopic (exact) mass is 214 g/mol. The summed E-state index contributed by atoms with van der Waals surface area (Å²) < 4.78 is 31.7. The number of hydrogen-bond acceptors (Lipinski definition) is 3. The highest BCUT2D eigenvalue weighted by Gasteiger charge is 2.38. The first-order chi connectivity index (χ1) is 6.21. The molecule has 5 nitrogen and oxygen atoms in total. The van der Waals surface area contributed by atoms with Crippen molar-refractivity contribution >= 4 is 18.2 Å². The summed E-state index contributed by atoms with van der Waals surface area (Å²) in [6, 6.07) is 0. The minimum Gasteiger partial charge on any atom is -0.478 e. The van der Waals surface area contributed by atoms with Gasteiger partial charge in [0.2, 0.25) is 0 Å². The number of carbonyl (C=O) groups is 3. The van der Waals surface area contributed by atoms with Crippen LogP contribution in [0.1, 0.15) is 0 Å². The van der Waals surface area contributed by atoms with Crippen molar-refractivity contribution in [2.45, 2.75) is 6.18 Å². The van der Waals surface area contributed by atoms with Gasteiger partial charge in [-0.25, -0.2) is 9.59 Å². The van der Waals surface area contributed by atoms with Crippen molar-refractivity contribution in [3.05, 3.63) is 12.2 Å². The molecule has 14 heavy (non-hydrogen) atoms. The first kappa shape index (κ1) is 14.7. The van der Waals surface area contributed by atoms with Gasteiger partial charge in [0.15, 0.2) is 0 Å². The Labute approximate surface area is 75.4 Å². The second kappa shape index (κ2) is 6.63. The molecule has 8 heteroatoms. The number of alkyl halides is 3. The minimum absolute atomic E-state index is 0.411. The van der Waals surface area contributed by atoms with Crippen LogP contribution in [0.5, 0.6) is 0 Å². The smallest absolute Gasteiger partial charge is 0.478 e. The van der Waals surface area contributed by atoms with Crippen LogP contribution in [0.3, 0.4) is 0 Å². The summed E-state index contributed by atoms with van der Waals surface area (Å²) in [5.41, 5.74) is 0. The van der Waals surface area contributed by atoms with E-state index in [2.05, 4.69) is 0 Å². The zero-order valence-electron chi connectivity index (χ0n) is 6.49. The Hall–Kier alpha value is -1.86. The van der Waals surface area contributed by atoms with Crippen molar-refractivity contribution in [3.8, 4) is 0 Å². The molecule has 0 aliphatic rings. The van der Waals surface area contributed by atoms with Crippen LogP contribution >= 0.6 is 0 Å². The van der Waals surface area contributed by atoms with E-state index in [0.29, 0.717) is 6.29 Å². The maximum absolute atomic E-state index is 10.6. The van der Waals surface area contributed by atoms with E-state index in [1.54, 1.807) is 0 Å². The molecule has 0 saturated heterocycles. The zero-order chi connectivity index (χ0) is 11.8. The summed E-state index contributed by atoms with van der Waals surface area (Å²) in [6.07, 6.45) is -2.98. The van der Waals surface area contributed by atoms with Gasteiger partial charge < -0.3 is 10.2 Å². The van der Waals surface area contributed by atoms with Crippen molar-refractivity contribution in [1.29, 1.82) is 0 Å². The molecule has 0 radical (unpaired) electrons. The number of carboxylic acid groups (broad SMARTS) is 2. The molecule has 0 spiro atoms. The molecule has 0 aromatic heterocycles. The third-order valence-corrected chi connectivity index (χ3v) is 0.560. The van der Waals surface area contributed by atoms with Crippen molar-refractivity contribution in [1.82, 2.24) is 0 Å². The fourth-order valence-corrected chi connectivity index (χ4v) is 0.122. The molecule has 0 unspecified atom stereocenters. The maximum Gasteiger partial charge on any atom is 0.490 e. The lowest BCUT2D eigenvalue weighted by atomic mass is 10.5. The first-order valence-electron chi connectivity index (χ1n) is 2.86. The minimum atomic E-state index is -5.08. The maximum atomic E-state index is 10.6. The number of rotatable bonds is 2. The Morgan fingerprint density at radius 2 is 1.50 bits per heavy atom. The topological polar surface area (TPSA) is 91.7 Å². The van der Waals surface area contributed by atoms with Crippen LogP contribution in [0, 0.1) is 0 Å². The first-order valence-corrected chi connectivity index (χ1v) is 2.86. The van der Waals surface area contributed by atoms with Gasteiger partial charge in [0, 0.05) is 6.08 Å². The molecule has 0 aromatic carbocycles. The van der Waals surface area contributed by atoms with Crippen LogP contribution in [-0.2, 0) is 14.4 Å². The Bertz CT molecular complexity index is 242. The fourth-order valence-electron chi connectivity index (χ4n) is 0.122. The number of carboxylic acids is 2. The standard InChI is InChI=1S/C4H4O3.C2HF3O2/c5-3-1-2-4(6)7;3-2(4,5)1(6)7/h1-3H,(H,6,7);(H,6,7). The van der Waals surface area contributed by atoms with E-state index in [4.69, 9.17) is 15.0 Å². The van der Waals surface area contributed by atoms with Gasteiger partial charge in [0.1, 0.15) is 6.29 Å². The van der Waals surface area contributed by atoms with Crippen LogP contribution < -0.4 is 0 Å². The van der Waals surface area contributed by atoms with Gasteiger partial charge in [-0.3, -0.25) is 4.79 Å². The lowest BCUT2D eigenvalue weighted by molar-refractivity contribution is -0.192. The molecular formula is C6H5F3O5. The molecule has 0 amide bonds. The summed E-state index contributed by atoms with van der Waals surface area (Å²) in [5.74, 6) is -3.86. The van der Waals surface area contributed by atoms with Gasteiger partial charge >= 0.3 is 18.1 Å². The van der Waals surface area contributed by atoms with E-state index >= 15 is 0 Å². The highest BCUT2D eigenvalue weighted by Crippen LogP contribution is 2.13. The predicted octanol–water partition coefficient (Wildman–Crippen LogP) is 0.459. The SMILES string of the molecule is O=C(O)C(F)(F)F.O=CC=CC(=O)O. The van der Waals surface area contributed by atoms with Gasteiger partial charge in [0.05, 0.1) is 0 Å². The largest absolute Gasteiger partial charge is 0.490 e. The van der Waals surface area contributed by atoms with E-state index in [9.17, 15) is 22.8 Å². The molecule has 0 aliphatic carbocycles. The van der Waals surface area contributed by atoms with Crippen molar-refractivity contribution in [2.75, 3.05) is 0 Å². The van der Waals surface area contributed by atoms with Crippen molar-refractivity contribution in [2.24, 2.45) is 0 Å². The number of hydrogen-bond donors (Lipinski definition) is 2. The molecule has 0 aromatic rings. The highest BCUT2D eigenvalue weighted by atomic mass is 19.4. The molecule has 0 fully saturated rings. The van der Waals surface area contributed by atoms with Gasteiger partial charge in [-0.05, 0) is 6.08 Å². The molecule has 0 rings (SSSR count). The lowest BCUT2D eigenvalue weighted by Crippen LogP contribution is -2.21. The van der Waals surface area contributed by atoms with Crippen LogP contribution in [0.25, 0.3) is 0 Å². The summed E-state index contributed by atoms with van der Waals surface area (Å²) in [5, 5.41) is 14.9. The second-order valence-corrected chi connectivity index (χ2v) is 1.64. The summed E-state index contributed by atoms with van der Waals surface area (Å²) >= 11 is 0. The average Bonchev–Trinajstić information content (AvgIpc) is 2.00. The third kappa shape index (κ3) is 12.8. The Balaban J connectivity index is 0. The highest BCUT2D eigenvalue weighted by molar-refractivity contribution is 5.84. The Kier molecular flexibility index (Phi) is 6.94. The zero-order valence-corrected chi connectivity index (χ0v) is 6.49. The lowest BCUT2D eigenvalue weighted by Gasteiger charge is -1.93. The van der Waals surface area contributed by atoms with E-state index in [1.165, 1.54) is 0 Å². The van der Waals surface area contributed by atoms with E-state index in [1.807, 2.05) is 0 Å². The molecular weight excluding hydrogens is 209 g/mol. The Morgan fingerprint density at radius 1 is 1.14 bits per heavy atom. The number of allylic oxidation sites excluding steroid dienone is 1. The number of carbonyl (C=O) groups excluding carboxylic acids is 1. The molecule has 2 N–H and O–H groups in total. The van der Waals surface area contributed by atoms with Crippen LogP contribution in [0.4, 0.5) is 13.2 Å². The molecule has 0 aliphatic heterocycles. The van der Waals surface area contributed by atoms with Crippen molar-refractivity contribution in [3.63, 3.8) is 0 Å². The van der Waals surface area contributed by atoms with Crippen molar-refractivity contribution < 1.29 is 37.8 Å². The quantitative estimate of drug-likeness (QED) is 0.514. The van der Waals surface area contributed by atoms with Gasteiger partial charge in [-0.2, -0.15) is 13.2 Å². The number of halogens is 3. The fraction of sp³-hybridized carbons (Fsp3) is 0.167. The number of aldehydes is 1. The van der Waals surface area contributed by atoms with E-state index in [0.717, 1.165) is 12.2 Å². The average molecular weight is 214 g/mol. The number of aliphatic carboxylic acids is 2. The summed E-state index contributed by atoms with van der Waals surface area (Å²) in [6.45, 7) is 0. The normalized spacial score (nSPS) is 10.2. The predicted molar refractivity (Wildman–Crippen MR) is 36.5 cm³/mol. The van der Waals surface area contributed by atoms with Gasteiger partial charge in [0.25, 0.3) is 0 Å². The summed E-state index contributed by atoms with van der Waals surface area (Å²) in [7, 11) is 0. The molecule has 0 atom stereocenters. The van der Waals surface area contributed by atoms with E-state index < -0.39 is 18.1 Å². The van der Waals surface area contributed by atoms with Crippen LogP contribution in [0.15, 0.2) is 12.2 Å². The third-order valence-electron chi connectivity index (χ3n) is 0.560. The van der Waals surface area contributed by atoms with Gasteiger partial charge in [-0.15, -0.1) is 0 Å². The molecule has 80 valence electrons. The van der Waals surface area contributed by atoms with Gasteiger partial charge in [-0.1, -0.05) is 0 Å². The van der Waals surface area contributed by atoms with Crippen LogP contribution in [-0.4, -0.2) is 34.6 Å². The molecule has 0 bridgehead atoms. The second-order valence-electron chi connectivity index (χ2n) is 1.64. The van der Waals surface area contributed by atoms with E-state index in [-0.39, 0.29) is 0 Å². The molecule has 0 saturated carbocycles. The summed E-state index contributed by atoms with van der Waals surface area (Å²) in [4.78, 5) is 27.8. The Morgan fingerprint density at radius 3 is 1.57 bits per heavy atom. The van der Waals surface area contributed by atoms with Crippen LogP contribution in [0.2, 0.25) is 0 Å².